The summed E-state index contributed by atoms with van der Waals surface area (Å²) in [7, 11) is 3.34. The second-order valence-electron chi connectivity index (χ2n) is 8.64. The molecule has 0 spiro atoms. The molecule has 0 unspecified atom stereocenters. The van der Waals surface area contributed by atoms with Gasteiger partial charge in [0.2, 0.25) is 11.7 Å². The highest BCUT2D eigenvalue weighted by Gasteiger charge is 2.20. The van der Waals surface area contributed by atoms with Gasteiger partial charge in [-0.15, -0.1) is 0 Å². The molecule has 1 aromatic carbocycles. The van der Waals surface area contributed by atoms with Crippen LogP contribution in [0, 0.1) is 5.21 Å². The molecule has 0 radical (unpaired) electrons. The molecule has 0 N–H and O–H groups in total. The van der Waals surface area contributed by atoms with Gasteiger partial charge in [-0.25, -0.2) is 9.78 Å². The lowest BCUT2D eigenvalue weighted by atomic mass is 10.2. The van der Waals surface area contributed by atoms with Gasteiger partial charge >= 0.3 is 6.09 Å². The Hall–Kier alpha value is -2.91. The number of hydrogen-bond donors (Lipinski definition) is 0. The molecule has 9 heteroatoms. The number of ether oxygens (including phenoxy) is 3. The minimum Gasteiger partial charge on any atom is -0.618 e. The number of aromatic nitrogens is 3. The zero-order valence-corrected chi connectivity index (χ0v) is 19.5. The quantitative estimate of drug-likeness (QED) is 0.286. The van der Waals surface area contributed by atoms with Crippen LogP contribution in [0.1, 0.15) is 26.6 Å². The first-order valence-electron chi connectivity index (χ1n) is 10.7. The number of likely N-dealkylation sites (N-methyl/N-ethyl adjacent to an activating group) is 1. The van der Waals surface area contributed by atoms with Crippen molar-refractivity contribution in [2.24, 2.45) is 0 Å². The molecule has 2 aromatic heterocycles. The van der Waals surface area contributed by atoms with E-state index in [1.807, 2.05) is 39.0 Å². The SMILES string of the molecule is COCCc1nc2c[n+]([O-])c3ccccc3c2n1CCOCCN(C)C(=O)OC(C)(C)C. The maximum Gasteiger partial charge on any atom is 0.410 e. The van der Waals surface area contributed by atoms with Crippen LogP contribution in [0.15, 0.2) is 30.5 Å². The maximum absolute atomic E-state index is 12.4. The summed E-state index contributed by atoms with van der Waals surface area (Å²) in [5.41, 5.74) is 1.63. The number of nitrogens with zero attached hydrogens (tertiary/aromatic N) is 4. The van der Waals surface area contributed by atoms with Crippen molar-refractivity contribution < 1.29 is 23.7 Å². The number of fused-ring (bicyclic) bond motifs is 3. The Morgan fingerprint density at radius 2 is 1.97 bits per heavy atom. The van der Waals surface area contributed by atoms with Crippen molar-refractivity contribution in [1.29, 1.82) is 0 Å². The zero-order valence-electron chi connectivity index (χ0n) is 19.5. The van der Waals surface area contributed by atoms with Crippen molar-refractivity contribution >= 4 is 28.0 Å². The van der Waals surface area contributed by atoms with Crippen LogP contribution in [0.5, 0.6) is 0 Å². The van der Waals surface area contributed by atoms with Crippen molar-refractivity contribution in [2.45, 2.75) is 39.3 Å². The average molecular weight is 445 g/mol. The Bertz CT molecular complexity index is 1070. The van der Waals surface area contributed by atoms with E-state index in [4.69, 9.17) is 14.2 Å². The Balaban J connectivity index is 1.71. The highest BCUT2D eigenvalue weighted by molar-refractivity contribution is 6.00. The van der Waals surface area contributed by atoms with E-state index >= 15 is 0 Å². The molecule has 0 saturated carbocycles. The van der Waals surface area contributed by atoms with Gasteiger partial charge in [0, 0.05) is 39.7 Å². The van der Waals surface area contributed by atoms with Gasteiger partial charge in [-0.3, -0.25) is 0 Å². The van der Waals surface area contributed by atoms with Crippen LogP contribution in [-0.4, -0.2) is 66.7 Å². The van der Waals surface area contributed by atoms with Crippen LogP contribution in [0.4, 0.5) is 4.79 Å². The van der Waals surface area contributed by atoms with Gasteiger partial charge in [0.25, 0.3) is 0 Å². The van der Waals surface area contributed by atoms with Gasteiger partial charge in [-0.1, -0.05) is 12.1 Å². The topological polar surface area (TPSA) is 92.8 Å². The van der Waals surface area contributed by atoms with Crippen molar-refractivity contribution in [3.63, 3.8) is 0 Å². The summed E-state index contributed by atoms with van der Waals surface area (Å²) in [4.78, 5) is 18.2. The van der Waals surface area contributed by atoms with Crippen LogP contribution in [0.2, 0.25) is 0 Å². The predicted molar refractivity (Wildman–Crippen MR) is 121 cm³/mol. The Morgan fingerprint density at radius 1 is 1.22 bits per heavy atom. The lowest BCUT2D eigenvalue weighted by Gasteiger charge is -2.24. The van der Waals surface area contributed by atoms with E-state index in [1.165, 1.54) is 11.1 Å². The minimum absolute atomic E-state index is 0.374. The summed E-state index contributed by atoms with van der Waals surface area (Å²) in [5.74, 6) is 0.840. The fraction of sp³-hybridized carbons (Fsp3) is 0.522. The summed E-state index contributed by atoms with van der Waals surface area (Å²) in [6.07, 6.45) is 1.77. The van der Waals surface area contributed by atoms with Crippen molar-refractivity contribution in [3.05, 3.63) is 41.5 Å². The monoisotopic (exact) mass is 444 g/mol. The molecule has 2 heterocycles. The molecule has 1 amide bonds. The van der Waals surface area contributed by atoms with Crippen molar-refractivity contribution in [1.82, 2.24) is 14.5 Å². The predicted octanol–water partition coefficient (Wildman–Crippen LogP) is 2.90. The van der Waals surface area contributed by atoms with Crippen molar-refractivity contribution in [3.8, 4) is 0 Å². The van der Waals surface area contributed by atoms with Gasteiger partial charge < -0.3 is 28.9 Å². The van der Waals surface area contributed by atoms with E-state index in [1.54, 1.807) is 20.2 Å². The zero-order chi connectivity index (χ0) is 23.3. The molecule has 0 bridgehead atoms. The minimum atomic E-state index is -0.529. The third-order valence-electron chi connectivity index (χ3n) is 4.97. The number of hydrogen-bond acceptors (Lipinski definition) is 6. The summed E-state index contributed by atoms with van der Waals surface area (Å²) in [6, 6.07) is 7.49. The molecule has 174 valence electrons. The fourth-order valence-electron chi connectivity index (χ4n) is 3.46. The second kappa shape index (κ2) is 10.1. The molecule has 32 heavy (non-hydrogen) atoms. The van der Waals surface area contributed by atoms with Gasteiger partial charge in [-0.2, -0.15) is 4.73 Å². The molecule has 3 rings (SSSR count). The first-order valence-corrected chi connectivity index (χ1v) is 10.7. The number of carbonyl (C=O) groups excluding carboxylic acids is 1. The number of rotatable bonds is 9. The van der Waals surface area contributed by atoms with E-state index in [0.29, 0.717) is 50.4 Å². The van der Waals surface area contributed by atoms with Gasteiger partial charge in [-0.05, 0) is 26.8 Å². The Labute approximate surface area is 188 Å². The van der Waals surface area contributed by atoms with E-state index in [2.05, 4.69) is 9.55 Å². The second-order valence-corrected chi connectivity index (χ2v) is 8.64. The Morgan fingerprint density at radius 3 is 2.69 bits per heavy atom. The van der Waals surface area contributed by atoms with Gasteiger partial charge in [0.1, 0.15) is 11.4 Å². The van der Waals surface area contributed by atoms with Gasteiger partial charge in [0.15, 0.2) is 5.52 Å². The number of methoxy groups -OCH3 is 1. The first-order chi connectivity index (χ1) is 15.2. The molecule has 9 nitrogen and oxygen atoms in total. The van der Waals surface area contributed by atoms with Crippen LogP contribution >= 0.6 is 0 Å². The summed E-state index contributed by atoms with van der Waals surface area (Å²) in [6.45, 7) is 7.86. The molecule has 3 aromatic rings. The number of benzene rings is 1. The lowest BCUT2D eigenvalue weighted by molar-refractivity contribution is -0.575. The van der Waals surface area contributed by atoms with E-state index in [0.717, 1.165) is 21.5 Å². The Kier molecular flexibility index (Phi) is 7.52. The third-order valence-corrected chi connectivity index (χ3v) is 4.97. The highest BCUT2D eigenvalue weighted by atomic mass is 16.6. The highest BCUT2D eigenvalue weighted by Crippen LogP contribution is 2.24. The van der Waals surface area contributed by atoms with E-state index in [-0.39, 0.29) is 6.09 Å². The molecular formula is C23H32N4O5. The third kappa shape index (κ3) is 5.66. The number of carbonyl (C=O) groups is 1. The average Bonchev–Trinajstić information content (AvgIpc) is 3.08. The standard InChI is InChI=1S/C23H32N4O5/c1-23(2,3)32-22(28)25(4)11-14-31-15-12-26-20(10-13-30-5)24-18-16-27(29)19-9-7-6-8-17(19)21(18)26/h6-9,16H,10-15H2,1-5H3. The number of amides is 1. The number of pyridine rings is 1. The summed E-state index contributed by atoms with van der Waals surface area (Å²) >= 11 is 0. The van der Waals surface area contributed by atoms with Crippen LogP contribution in [0.3, 0.4) is 0 Å². The molecular weight excluding hydrogens is 412 g/mol. The van der Waals surface area contributed by atoms with E-state index < -0.39 is 5.60 Å². The lowest BCUT2D eigenvalue weighted by Crippen LogP contribution is -2.36. The smallest absolute Gasteiger partial charge is 0.410 e. The molecule has 0 fully saturated rings. The number of imidazole rings is 1. The molecule has 0 aliphatic rings. The maximum atomic E-state index is 12.4. The van der Waals surface area contributed by atoms with Crippen LogP contribution < -0.4 is 4.73 Å². The molecule has 0 saturated heterocycles. The first kappa shape index (κ1) is 23.7. The summed E-state index contributed by atoms with van der Waals surface area (Å²) in [5, 5.41) is 13.3. The van der Waals surface area contributed by atoms with Gasteiger partial charge in [0.05, 0.1) is 30.7 Å². The van der Waals surface area contributed by atoms with E-state index in [9.17, 15) is 10.0 Å². The molecule has 0 aliphatic heterocycles. The van der Waals surface area contributed by atoms with Crippen molar-refractivity contribution in [2.75, 3.05) is 40.5 Å². The summed E-state index contributed by atoms with van der Waals surface area (Å²) < 4.78 is 19.3. The molecule has 0 aliphatic carbocycles. The van der Waals surface area contributed by atoms with Crippen LogP contribution in [-0.2, 0) is 27.2 Å². The van der Waals surface area contributed by atoms with Crippen LogP contribution in [0.25, 0.3) is 21.9 Å². The normalized spacial score (nSPS) is 11.9. The largest absolute Gasteiger partial charge is 0.618 e. The number of para-hydroxylation sites is 1. The fourth-order valence-corrected chi connectivity index (χ4v) is 3.46. The molecule has 0 atom stereocenters.